The minimum atomic E-state index is 0.0173. The Morgan fingerprint density at radius 2 is 1.72 bits per heavy atom. The maximum Gasteiger partial charge on any atom is 0.0691 e. The predicted molar refractivity (Wildman–Crippen MR) is 140 cm³/mol. The first-order valence-corrected chi connectivity index (χ1v) is 12.2. The van der Waals surface area contributed by atoms with Crippen molar-refractivity contribution in [2.24, 2.45) is 17.4 Å². The van der Waals surface area contributed by atoms with Crippen molar-refractivity contribution in [1.82, 2.24) is 15.5 Å². The minimum Gasteiger partial charge on any atom is -0.386 e. The maximum atomic E-state index is 5.84. The van der Waals surface area contributed by atoms with Gasteiger partial charge in [-0.05, 0) is 44.2 Å². The summed E-state index contributed by atoms with van der Waals surface area (Å²) in [6, 6.07) is 10.4. The van der Waals surface area contributed by atoms with Gasteiger partial charge in [0.05, 0.1) is 6.04 Å². The maximum absolute atomic E-state index is 5.84. The number of nitrogens with two attached hydrogens (primary N) is 2. The summed E-state index contributed by atoms with van der Waals surface area (Å²) < 4.78 is 0. The molecule has 0 amide bonds. The van der Waals surface area contributed by atoms with E-state index in [9.17, 15) is 0 Å². The standard InChI is InChI=1S/C27H47N5/c1-6-8-18-32(17-7-2)24(5)26(15-12-16-28)21-30-23(4)27(31-22(3)20-29)19-25-13-10-9-11-14-25/h9-11,13-14,26-27,30-31H,3-8,12,15-21,28-29H2,1-2H3. The van der Waals surface area contributed by atoms with Gasteiger partial charge in [0.2, 0.25) is 0 Å². The molecule has 0 saturated carbocycles. The third kappa shape index (κ3) is 10.4. The van der Waals surface area contributed by atoms with E-state index >= 15 is 0 Å². The zero-order valence-corrected chi connectivity index (χ0v) is 20.5. The van der Waals surface area contributed by atoms with E-state index in [1.807, 2.05) is 6.07 Å². The average molecular weight is 442 g/mol. The molecule has 0 radical (unpaired) electrons. The van der Waals surface area contributed by atoms with Crippen molar-refractivity contribution in [3.63, 3.8) is 0 Å². The second kappa shape index (κ2) is 16.4. The molecule has 0 aliphatic rings. The first-order chi connectivity index (χ1) is 15.5. The number of hydrogen-bond donors (Lipinski definition) is 4. The van der Waals surface area contributed by atoms with Crippen LogP contribution in [0.3, 0.4) is 0 Å². The Morgan fingerprint density at radius 1 is 1.00 bits per heavy atom. The fraction of sp³-hybridized carbons (Fsp3) is 0.556. The molecule has 0 fully saturated rings. The second-order valence-electron chi connectivity index (χ2n) is 8.56. The molecule has 0 spiro atoms. The van der Waals surface area contributed by atoms with Crippen LogP contribution in [-0.4, -0.2) is 43.7 Å². The summed E-state index contributed by atoms with van der Waals surface area (Å²) in [5, 5.41) is 7.06. The quantitative estimate of drug-likeness (QED) is 0.259. The SMILES string of the molecule is C=C(CN)NC(Cc1ccccc1)C(=C)NCC(CCCN)C(=C)N(CCC)CCCC. The molecule has 1 rings (SSSR count). The van der Waals surface area contributed by atoms with Crippen molar-refractivity contribution >= 4 is 0 Å². The first kappa shape index (κ1) is 27.8. The van der Waals surface area contributed by atoms with Crippen LogP contribution >= 0.6 is 0 Å². The van der Waals surface area contributed by atoms with Crippen molar-refractivity contribution in [2.75, 3.05) is 32.7 Å². The Labute approximate surface area is 197 Å². The van der Waals surface area contributed by atoms with E-state index < -0.39 is 0 Å². The molecule has 6 N–H and O–H groups in total. The van der Waals surface area contributed by atoms with Crippen LogP contribution < -0.4 is 22.1 Å². The van der Waals surface area contributed by atoms with E-state index in [-0.39, 0.29) is 6.04 Å². The molecule has 0 aliphatic carbocycles. The molecule has 0 saturated heterocycles. The molecule has 0 aliphatic heterocycles. The molecule has 32 heavy (non-hydrogen) atoms. The summed E-state index contributed by atoms with van der Waals surface area (Å²) in [4.78, 5) is 2.46. The predicted octanol–water partition coefficient (Wildman–Crippen LogP) is 4.14. The Balaban J connectivity index is 2.87. The van der Waals surface area contributed by atoms with Crippen LogP contribution in [0.1, 0.15) is 51.5 Å². The van der Waals surface area contributed by atoms with Gasteiger partial charge >= 0.3 is 0 Å². The van der Waals surface area contributed by atoms with Gasteiger partial charge in [0.1, 0.15) is 0 Å². The minimum absolute atomic E-state index is 0.0173. The van der Waals surface area contributed by atoms with Crippen LogP contribution in [0, 0.1) is 5.92 Å². The lowest BCUT2D eigenvalue weighted by atomic mass is 9.97. The third-order valence-corrected chi connectivity index (χ3v) is 5.81. The Hall–Kier alpha value is -2.24. The molecule has 0 heterocycles. The molecule has 5 nitrogen and oxygen atoms in total. The van der Waals surface area contributed by atoms with Crippen molar-refractivity contribution in [3.8, 4) is 0 Å². The van der Waals surface area contributed by atoms with Gasteiger partial charge in [-0.25, -0.2) is 0 Å². The smallest absolute Gasteiger partial charge is 0.0691 e. The van der Waals surface area contributed by atoms with E-state index in [1.54, 1.807) is 0 Å². The number of nitrogens with zero attached hydrogens (tertiary/aromatic N) is 1. The van der Waals surface area contributed by atoms with Gasteiger partial charge < -0.3 is 27.0 Å². The zero-order valence-electron chi connectivity index (χ0n) is 20.5. The van der Waals surface area contributed by atoms with Gasteiger partial charge in [-0.1, -0.05) is 70.3 Å². The van der Waals surface area contributed by atoms with Crippen molar-refractivity contribution in [3.05, 3.63) is 72.7 Å². The van der Waals surface area contributed by atoms with Gasteiger partial charge in [-0.15, -0.1) is 0 Å². The topological polar surface area (TPSA) is 79.3 Å². The lowest BCUT2D eigenvalue weighted by Gasteiger charge is -2.33. The molecule has 2 atom stereocenters. The van der Waals surface area contributed by atoms with E-state index in [1.165, 1.54) is 24.1 Å². The molecular formula is C27H47N5. The molecule has 1 aromatic rings. The highest BCUT2D eigenvalue weighted by Gasteiger charge is 2.20. The molecular weight excluding hydrogens is 394 g/mol. The number of unbranched alkanes of at least 4 members (excludes halogenated alkanes) is 1. The van der Waals surface area contributed by atoms with E-state index in [4.69, 9.17) is 11.5 Å². The second-order valence-corrected chi connectivity index (χ2v) is 8.56. The van der Waals surface area contributed by atoms with Gasteiger partial charge in [0.25, 0.3) is 0 Å². The summed E-state index contributed by atoms with van der Waals surface area (Å²) in [7, 11) is 0. The van der Waals surface area contributed by atoms with Crippen LogP contribution in [0.5, 0.6) is 0 Å². The molecule has 2 unspecified atom stereocenters. The molecule has 180 valence electrons. The van der Waals surface area contributed by atoms with Gasteiger partial charge in [0.15, 0.2) is 0 Å². The third-order valence-electron chi connectivity index (χ3n) is 5.81. The highest BCUT2D eigenvalue weighted by atomic mass is 15.1. The summed E-state index contributed by atoms with van der Waals surface area (Å²) >= 11 is 0. The molecule has 5 heteroatoms. The average Bonchev–Trinajstić information content (AvgIpc) is 2.81. The lowest BCUT2D eigenvalue weighted by molar-refractivity contribution is 0.287. The van der Waals surface area contributed by atoms with Crippen LogP contribution in [0.15, 0.2) is 67.2 Å². The molecule has 1 aromatic carbocycles. The largest absolute Gasteiger partial charge is 0.386 e. The normalized spacial score (nSPS) is 12.6. The first-order valence-electron chi connectivity index (χ1n) is 12.2. The number of nitrogens with one attached hydrogen (secondary N) is 2. The van der Waals surface area contributed by atoms with Gasteiger partial charge in [-0.3, -0.25) is 0 Å². The van der Waals surface area contributed by atoms with Crippen molar-refractivity contribution in [2.45, 2.75) is 58.4 Å². The highest BCUT2D eigenvalue weighted by Crippen LogP contribution is 2.21. The number of rotatable bonds is 19. The van der Waals surface area contributed by atoms with Crippen LogP contribution in [0.2, 0.25) is 0 Å². The Bertz CT molecular complexity index is 670. The Kier molecular flexibility index (Phi) is 14.2. The van der Waals surface area contributed by atoms with Gasteiger partial charge in [-0.2, -0.15) is 0 Å². The van der Waals surface area contributed by atoms with E-state index in [2.05, 4.69) is 73.4 Å². The van der Waals surface area contributed by atoms with E-state index in [0.29, 0.717) is 19.0 Å². The Morgan fingerprint density at radius 3 is 2.31 bits per heavy atom. The number of benzene rings is 1. The van der Waals surface area contributed by atoms with Crippen LogP contribution in [0.4, 0.5) is 0 Å². The molecule has 0 bridgehead atoms. The number of hydrogen-bond acceptors (Lipinski definition) is 5. The van der Waals surface area contributed by atoms with Crippen LogP contribution in [0.25, 0.3) is 0 Å². The molecule has 0 aromatic heterocycles. The lowest BCUT2D eigenvalue weighted by Crippen LogP contribution is -2.41. The summed E-state index contributed by atoms with van der Waals surface area (Å²) in [6.45, 7) is 21.4. The summed E-state index contributed by atoms with van der Waals surface area (Å²) in [5.74, 6) is 0.328. The van der Waals surface area contributed by atoms with Crippen LogP contribution in [-0.2, 0) is 6.42 Å². The summed E-state index contributed by atoms with van der Waals surface area (Å²) in [6.07, 6.45) is 6.33. The van der Waals surface area contributed by atoms with E-state index in [0.717, 1.165) is 56.7 Å². The fourth-order valence-electron chi connectivity index (χ4n) is 3.82. The van der Waals surface area contributed by atoms with Crippen molar-refractivity contribution < 1.29 is 0 Å². The van der Waals surface area contributed by atoms with Gasteiger partial charge in [0, 0.05) is 49.2 Å². The fourth-order valence-corrected chi connectivity index (χ4v) is 3.82. The zero-order chi connectivity index (χ0) is 23.8. The van der Waals surface area contributed by atoms with Crippen molar-refractivity contribution in [1.29, 1.82) is 0 Å². The monoisotopic (exact) mass is 441 g/mol. The summed E-state index contributed by atoms with van der Waals surface area (Å²) in [5.41, 5.74) is 15.9. The highest BCUT2D eigenvalue weighted by molar-refractivity contribution is 5.21.